The van der Waals surface area contributed by atoms with Gasteiger partial charge in [-0.2, -0.15) is 0 Å². The number of hydrogen-bond donors (Lipinski definition) is 1. The number of amides is 1. The maximum absolute atomic E-state index is 13.7. The number of piperidine rings is 1. The van der Waals surface area contributed by atoms with E-state index in [2.05, 4.69) is 61.7 Å². The summed E-state index contributed by atoms with van der Waals surface area (Å²) >= 11 is 1.69. The smallest absolute Gasteiger partial charge is 0.266 e. The van der Waals surface area contributed by atoms with Crippen molar-refractivity contribution < 1.29 is 14.0 Å². The quantitative estimate of drug-likeness (QED) is 0.267. The lowest BCUT2D eigenvalue weighted by Crippen LogP contribution is -2.53. The molecule has 2 fully saturated rings. The van der Waals surface area contributed by atoms with Crippen LogP contribution in [0.3, 0.4) is 0 Å². The predicted molar refractivity (Wildman–Crippen MR) is 167 cm³/mol. The van der Waals surface area contributed by atoms with Crippen molar-refractivity contribution >= 4 is 44.9 Å². The number of thiazole rings is 1. The Bertz CT molecular complexity index is 1490. The van der Waals surface area contributed by atoms with Gasteiger partial charge in [0.05, 0.1) is 11.7 Å². The Kier molecular flexibility index (Phi) is 8.53. The number of hydrogen-bond acceptors (Lipinski definition) is 9. The lowest BCUT2D eigenvalue weighted by molar-refractivity contribution is -0.123. The molecule has 2 aliphatic heterocycles. The van der Waals surface area contributed by atoms with Crippen molar-refractivity contribution in [2.24, 2.45) is 0 Å². The summed E-state index contributed by atoms with van der Waals surface area (Å²) in [6, 6.07) is 14.7. The Balaban J connectivity index is 1.14. The van der Waals surface area contributed by atoms with Crippen molar-refractivity contribution in [3.8, 4) is 11.3 Å². The molecule has 42 heavy (non-hydrogen) atoms. The van der Waals surface area contributed by atoms with Gasteiger partial charge in [-0.15, -0.1) is 11.3 Å². The lowest BCUT2D eigenvalue weighted by atomic mass is 9.98. The Labute approximate surface area is 250 Å². The molecule has 0 saturated carbocycles. The molecule has 2 aromatic carbocycles. The molecule has 6 rings (SSSR count). The van der Waals surface area contributed by atoms with E-state index in [0.717, 1.165) is 80.5 Å². The zero-order valence-electron chi connectivity index (χ0n) is 24.3. The molecule has 0 spiro atoms. The van der Waals surface area contributed by atoms with Crippen LogP contribution in [0.5, 0.6) is 0 Å². The molecule has 220 valence electrons. The molecule has 2 atom stereocenters. The molecule has 4 aromatic rings. The highest BCUT2D eigenvalue weighted by atomic mass is 32.1. The zero-order valence-corrected chi connectivity index (χ0v) is 25.1. The van der Waals surface area contributed by atoms with Crippen LogP contribution >= 0.6 is 11.3 Å². The van der Waals surface area contributed by atoms with E-state index in [9.17, 15) is 9.59 Å². The number of fused-ring (bicyclic) bond motifs is 1. The van der Waals surface area contributed by atoms with Crippen molar-refractivity contribution in [1.82, 2.24) is 20.2 Å². The number of piperazine rings is 1. The molecule has 0 radical (unpaired) electrons. The SMILES string of the molecule is CCCC(NC(=O)C1CCCCN1c1ccc(-c2csc(N3CCN(C)CC3)n2)cc1)C(=O)c1nc2ccccc2o1. The minimum Gasteiger partial charge on any atom is -0.434 e. The second-order valence-electron chi connectivity index (χ2n) is 11.3. The van der Waals surface area contributed by atoms with E-state index in [1.165, 1.54) is 0 Å². The van der Waals surface area contributed by atoms with Gasteiger partial charge in [-0.25, -0.2) is 9.97 Å². The number of aromatic nitrogens is 2. The van der Waals surface area contributed by atoms with E-state index < -0.39 is 6.04 Å². The first-order chi connectivity index (χ1) is 20.5. The van der Waals surface area contributed by atoms with E-state index in [1.54, 1.807) is 17.4 Å². The van der Waals surface area contributed by atoms with Crippen molar-refractivity contribution in [2.45, 2.75) is 51.1 Å². The number of rotatable bonds is 9. The Morgan fingerprint density at radius 1 is 1.02 bits per heavy atom. The second-order valence-corrected chi connectivity index (χ2v) is 12.1. The van der Waals surface area contributed by atoms with Gasteiger partial charge in [0, 0.05) is 49.4 Å². The van der Waals surface area contributed by atoms with Crippen LogP contribution in [0.25, 0.3) is 22.4 Å². The molecule has 1 amide bonds. The number of carbonyl (C=O) groups is 2. The highest BCUT2D eigenvalue weighted by Crippen LogP contribution is 2.31. The molecule has 0 aliphatic carbocycles. The molecule has 10 heteroatoms. The van der Waals surface area contributed by atoms with Crippen LogP contribution < -0.4 is 15.1 Å². The number of ketones is 1. The van der Waals surface area contributed by atoms with Gasteiger partial charge in [0.25, 0.3) is 5.89 Å². The van der Waals surface area contributed by atoms with Gasteiger partial charge in [-0.3, -0.25) is 9.59 Å². The van der Waals surface area contributed by atoms with Crippen molar-refractivity contribution in [3.05, 3.63) is 59.8 Å². The molecule has 1 N–H and O–H groups in total. The van der Waals surface area contributed by atoms with Crippen LogP contribution in [0, 0.1) is 0 Å². The first-order valence-electron chi connectivity index (χ1n) is 15.0. The topological polar surface area (TPSA) is 94.8 Å². The van der Waals surface area contributed by atoms with Crippen LogP contribution in [0.15, 0.2) is 58.3 Å². The third kappa shape index (κ3) is 6.05. The molecule has 9 nitrogen and oxygen atoms in total. The van der Waals surface area contributed by atoms with Crippen molar-refractivity contribution in [3.63, 3.8) is 0 Å². The Morgan fingerprint density at radius 2 is 1.81 bits per heavy atom. The van der Waals surface area contributed by atoms with E-state index in [-0.39, 0.29) is 23.6 Å². The van der Waals surface area contributed by atoms with E-state index in [1.807, 2.05) is 25.1 Å². The fourth-order valence-corrected chi connectivity index (χ4v) is 6.72. The number of nitrogens with zero attached hydrogens (tertiary/aromatic N) is 5. The number of carbonyl (C=O) groups excluding carboxylic acids is 2. The number of Topliss-reactive ketones (excluding diaryl/α,β-unsaturated/α-hetero) is 1. The minimum absolute atomic E-state index is 0.0452. The molecular weight excluding hydrogens is 548 g/mol. The highest BCUT2D eigenvalue weighted by molar-refractivity contribution is 7.14. The van der Waals surface area contributed by atoms with E-state index in [0.29, 0.717) is 17.5 Å². The van der Waals surface area contributed by atoms with Gasteiger partial charge in [0.1, 0.15) is 11.6 Å². The average Bonchev–Trinajstić information content (AvgIpc) is 3.69. The molecule has 2 aliphatic rings. The number of oxazole rings is 1. The van der Waals surface area contributed by atoms with E-state index in [4.69, 9.17) is 9.40 Å². The summed E-state index contributed by atoms with van der Waals surface area (Å²) in [5.74, 6) is -0.366. The number of anilines is 2. The summed E-state index contributed by atoms with van der Waals surface area (Å²) in [6.45, 7) is 6.90. The normalized spacial score (nSPS) is 18.8. The summed E-state index contributed by atoms with van der Waals surface area (Å²) in [5.41, 5.74) is 4.26. The number of nitrogens with one attached hydrogen (secondary N) is 1. The van der Waals surface area contributed by atoms with Gasteiger partial charge in [-0.05, 0) is 57.0 Å². The van der Waals surface area contributed by atoms with E-state index >= 15 is 0 Å². The second kappa shape index (κ2) is 12.6. The summed E-state index contributed by atoms with van der Waals surface area (Å²) in [4.78, 5) is 43.2. The fourth-order valence-electron chi connectivity index (χ4n) is 5.83. The molecule has 0 bridgehead atoms. The Hall–Kier alpha value is -3.76. The van der Waals surface area contributed by atoms with Crippen LogP contribution in [0.1, 0.15) is 49.7 Å². The van der Waals surface area contributed by atoms with Crippen LogP contribution in [0.2, 0.25) is 0 Å². The average molecular weight is 587 g/mol. The maximum Gasteiger partial charge on any atom is 0.266 e. The minimum atomic E-state index is -0.680. The van der Waals surface area contributed by atoms with Crippen LogP contribution in [-0.2, 0) is 4.79 Å². The molecule has 4 heterocycles. The summed E-state index contributed by atoms with van der Waals surface area (Å²) < 4.78 is 5.73. The highest BCUT2D eigenvalue weighted by Gasteiger charge is 2.33. The van der Waals surface area contributed by atoms with Crippen LogP contribution in [-0.4, -0.2) is 78.4 Å². The number of likely N-dealkylation sites (N-methyl/N-ethyl adjacent to an activating group) is 1. The third-order valence-corrected chi connectivity index (χ3v) is 9.18. The molecular formula is C32H38N6O3S. The summed E-state index contributed by atoms with van der Waals surface area (Å²) in [7, 11) is 2.16. The number of para-hydroxylation sites is 2. The first-order valence-corrected chi connectivity index (χ1v) is 15.8. The summed E-state index contributed by atoms with van der Waals surface area (Å²) in [6.07, 6.45) is 4.00. The van der Waals surface area contributed by atoms with Gasteiger partial charge in [0.2, 0.25) is 11.7 Å². The number of benzene rings is 2. The largest absolute Gasteiger partial charge is 0.434 e. The van der Waals surface area contributed by atoms with Crippen molar-refractivity contribution in [1.29, 1.82) is 0 Å². The standard InChI is InChI=1S/C32H38N6O3S/c1-3-8-25(29(39)31-34-24-9-4-5-11-28(24)41-31)33-30(40)27-10-6-7-16-38(27)23-14-12-22(13-15-23)26-21-42-32(35-26)37-19-17-36(2)18-20-37/h4-5,9,11-15,21,25,27H,3,6-8,10,16-20H2,1-2H3,(H,33,40). The summed E-state index contributed by atoms with van der Waals surface area (Å²) in [5, 5.41) is 6.26. The van der Waals surface area contributed by atoms with Crippen molar-refractivity contribution in [2.75, 3.05) is 49.6 Å². The van der Waals surface area contributed by atoms with Gasteiger partial charge < -0.3 is 24.4 Å². The third-order valence-electron chi connectivity index (χ3n) is 8.28. The van der Waals surface area contributed by atoms with Gasteiger partial charge >= 0.3 is 0 Å². The molecule has 2 unspecified atom stereocenters. The molecule has 2 aromatic heterocycles. The first kappa shape index (κ1) is 28.4. The maximum atomic E-state index is 13.7. The fraction of sp³-hybridized carbons (Fsp3) is 0.438. The lowest BCUT2D eigenvalue weighted by Gasteiger charge is -2.37. The Morgan fingerprint density at radius 3 is 2.57 bits per heavy atom. The monoisotopic (exact) mass is 586 g/mol. The molecule has 2 saturated heterocycles. The van der Waals surface area contributed by atoms with Crippen LogP contribution in [0.4, 0.5) is 10.8 Å². The van der Waals surface area contributed by atoms with Gasteiger partial charge in [-0.1, -0.05) is 37.6 Å². The van der Waals surface area contributed by atoms with Gasteiger partial charge in [0.15, 0.2) is 10.7 Å². The predicted octanol–water partition coefficient (Wildman–Crippen LogP) is 5.23. The zero-order chi connectivity index (χ0) is 29.1.